The largest absolute Gasteiger partial charge is 0.411 e. The van der Waals surface area contributed by atoms with Gasteiger partial charge >= 0.3 is 6.18 Å². The zero-order chi connectivity index (χ0) is 19.1. The van der Waals surface area contributed by atoms with Crippen LogP contribution in [-0.2, 0) is 17.9 Å². The number of halogens is 4. The summed E-state index contributed by atoms with van der Waals surface area (Å²) in [7, 11) is 0. The van der Waals surface area contributed by atoms with Gasteiger partial charge in [-0.2, -0.15) is 13.2 Å². The third-order valence-corrected chi connectivity index (χ3v) is 3.93. The van der Waals surface area contributed by atoms with E-state index >= 15 is 0 Å². The second-order valence-electron chi connectivity index (χ2n) is 6.65. The lowest BCUT2D eigenvalue weighted by Crippen LogP contribution is -2.27. The number of imidazole rings is 1. The second-order valence-corrected chi connectivity index (χ2v) is 7.01. The molecule has 1 N–H and O–H groups in total. The molecule has 0 aliphatic carbocycles. The van der Waals surface area contributed by atoms with Crippen LogP contribution in [0.3, 0.4) is 0 Å². The molecule has 1 aromatic carbocycles. The van der Waals surface area contributed by atoms with E-state index < -0.39 is 18.4 Å². The van der Waals surface area contributed by atoms with E-state index in [1.54, 1.807) is 24.5 Å². The SMILES string of the molecule is CC(C)(O)Cn1c(COCC(F)(F)F)nc2c(Cl)nc3ccccc3c21. The van der Waals surface area contributed by atoms with Crippen LogP contribution in [0.25, 0.3) is 21.9 Å². The molecule has 0 amide bonds. The van der Waals surface area contributed by atoms with Crippen molar-refractivity contribution >= 4 is 33.5 Å². The Bertz CT molecular complexity index is 948. The highest BCUT2D eigenvalue weighted by atomic mass is 35.5. The highest BCUT2D eigenvalue weighted by Gasteiger charge is 2.28. The van der Waals surface area contributed by atoms with Crippen molar-refractivity contribution < 1.29 is 23.0 Å². The van der Waals surface area contributed by atoms with Gasteiger partial charge in [-0.1, -0.05) is 29.8 Å². The minimum absolute atomic E-state index is 0.110. The van der Waals surface area contributed by atoms with Crippen LogP contribution in [0.2, 0.25) is 5.15 Å². The molecular formula is C17H17ClF3N3O2. The van der Waals surface area contributed by atoms with Gasteiger partial charge in [0.15, 0.2) is 5.15 Å². The van der Waals surface area contributed by atoms with Crippen LogP contribution in [-0.4, -0.2) is 38.0 Å². The van der Waals surface area contributed by atoms with Crippen molar-refractivity contribution in [3.05, 3.63) is 35.2 Å². The maximum Gasteiger partial charge on any atom is 0.411 e. The Hall–Kier alpha value is -1.90. The van der Waals surface area contributed by atoms with E-state index in [1.165, 1.54) is 0 Å². The minimum Gasteiger partial charge on any atom is -0.389 e. The van der Waals surface area contributed by atoms with Crippen molar-refractivity contribution in [1.29, 1.82) is 0 Å². The molecule has 0 unspecified atom stereocenters. The van der Waals surface area contributed by atoms with Gasteiger partial charge in [0.05, 0.1) is 23.2 Å². The molecule has 0 fully saturated rings. The van der Waals surface area contributed by atoms with Crippen molar-refractivity contribution in [3.8, 4) is 0 Å². The van der Waals surface area contributed by atoms with Crippen LogP contribution in [0.1, 0.15) is 19.7 Å². The number of aliphatic hydroxyl groups is 1. The van der Waals surface area contributed by atoms with Gasteiger partial charge in [-0.15, -0.1) is 0 Å². The van der Waals surface area contributed by atoms with Crippen LogP contribution >= 0.6 is 11.6 Å². The van der Waals surface area contributed by atoms with E-state index in [0.29, 0.717) is 16.6 Å². The molecular weight excluding hydrogens is 371 g/mol. The van der Waals surface area contributed by atoms with Gasteiger partial charge in [0.1, 0.15) is 24.6 Å². The maximum absolute atomic E-state index is 12.4. The first kappa shape index (κ1) is 18.9. The monoisotopic (exact) mass is 387 g/mol. The van der Waals surface area contributed by atoms with Gasteiger partial charge in [-0.3, -0.25) is 0 Å². The van der Waals surface area contributed by atoms with Crippen LogP contribution in [0.4, 0.5) is 13.2 Å². The number of para-hydroxylation sites is 1. The molecule has 0 aliphatic rings. The summed E-state index contributed by atoms with van der Waals surface area (Å²) in [5.41, 5.74) is 0.474. The first-order chi connectivity index (χ1) is 12.1. The highest BCUT2D eigenvalue weighted by molar-refractivity contribution is 6.35. The average Bonchev–Trinajstić information content (AvgIpc) is 2.84. The molecule has 3 rings (SSSR count). The lowest BCUT2D eigenvalue weighted by atomic mass is 10.1. The first-order valence-corrected chi connectivity index (χ1v) is 8.23. The molecule has 2 aromatic heterocycles. The number of hydrogen-bond acceptors (Lipinski definition) is 4. The Kier molecular flexibility index (Phi) is 4.85. The summed E-state index contributed by atoms with van der Waals surface area (Å²) in [6.07, 6.45) is -4.43. The number of pyridine rings is 1. The quantitative estimate of drug-likeness (QED) is 0.670. The third kappa shape index (κ3) is 4.08. The van der Waals surface area contributed by atoms with Gasteiger partial charge < -0.3 is 14.4 Å². The number of alkyl halides is 3. The summed E-state index contributed by atoms with van der Waals surface area (Å²) >= 11 is 6.23. The standard InChI is InChI=1S/C17H17ClF3N3O2/c1-16(2,25)8-24-12(7-26-9-17(19,20)21)23-13-14(24)10-5-3-4-6-11(10)22-15(13)18/h3-6,25H,7-9H2,1-2H3. The molecule has 9 heteroatoms. The summed E-state index contributed by atoms with van der Waals surface area (Å²) in [5.74, 6) is 0.242. The molecule has 140 valence electrons. The molecule has 0 spiro atoms. The Morgan fingerprint density at radius 1 is 1.19 bits per heavy atom. The summed E-state index contributed by atoms with van der Waals surface area (Å²) in [4.78, 5) is 8.61. The smallest absolute Gasteiger partial charge is 0.389 e. The van der Waals surface area contributed by atoms with E-state index in [0.717, 1.165) is 5.39 Å². The van der Waals surface area contributed by atoms with E-state index in [2.05, 4.69) is 9.97 Å². The number of ether oxygens (including phenoxy) is 1. The van der Waals surface area contributed by atoms with Gasteiger partial charge in [0.2, 0.25) is 0 Å². The highest BCUT2D eigenvalue weighted by Crippen LogP contribution is 2.31. The van der Waals surface area contributed by atoms with Gasteiger partial charge in [-0.05, 0) is 19.9 Å². The Balaban J connectivity index is 2.15. The third-order valence-electron chi connectivity index (χ3n) is 3.66. The van der Waals surface area contributed by atoms with Crippen LogP contribution in [0.15, 0.2) is 24.3 Å². The summed E-state index contributed by atoms with van der Waals surface area (Å²) in [6, 6.07) is 7.23. The number of aromatic nitrogens is 3. The molecule has 3 aromatic rings. The van der Waals surface area contributed by atoms with Gasteiger partial charge in [-0.25, -0.2) is 9.97 Å². The van der Waals surface area contributed by atoms with Gasteiger partial charge in [0.25, 0.3) is 0 Å². The molecule has 5 nitrogen and oxygen atoms in total. The predicted molar refractivity (Wildman–Crippen MR) is 92.1 cm³/mol. The Labute approximate surface area is 152 Å². The summed E-state index contributed by atoms with van der Waals surface area (Å²) < 4.78 is 43.6. The van der Waals surface area contributed by atoms with E-state index in [-0.39, 0.29) is 24.1 Å². The lowest BCUT2D eigenvalue weighted by molar-refractivity contribution is -0.177. The van der Waals surface area contributed by atoms with Crippen LogP contribution in [0, 0.1) is 0 Å². The minimum atomic E-state index is -4.43. The van der Waals surface area contributed by atoms with Crippen molar-refractivity contribution in [1.82, 2.24) is 14.5 Å². The molecule has 2 heterocycles. The molecule has 0 saturated carbocycles. The predicted octanol–water partition coefficient (Wildman–Crippen LogP) is 4.09. The lowest BCUT2D eigenvalue weighted by Gasteiger charge is -2.20. The zero-order valence-electron chi connectivity index (χ0n) is 14.1. The molecule has 0 radical (unpaired) electrons. The normalized spacial score (nSPS) is 13.0. The summed E-state index contributed by atoms with van der Waals surface area (Å²) in [5, 5.41) is 11.1. The zero-order valence-corrected chi connectivity index (χ0v) is 14.9. The molecule has 0 atom stereocenters. The number of rotatable bonds is 5. The molecule has 0 saturated heterocycles. The van der Waals surface area contributed by atoms with Gasteiger partial charge in [0, 0.05) is 5.39 Å². The Morgan fingerprint density at radius 3 is 2.54 bits per heavy atom. The van der Waals surface area contributed by atoms with E-state index in [4.69, 9.17) is 16.3 Å². The fraction of sp³-hybridized carbons (Fsp3) is 0.412. The average molecular weight is 388 g/mol. The first-order valence-electron chi connectivity index (χ1n) is 7.85. The van der Waals surface area contributed by atoms with E-state index in [9.17, 15) is 18.3 Å². The number of fused-ring (bicyclic) bond motifs is 3. The van der Waals surface area contributed by atoms with Crippen LogP contribution < -0.4 is 0 Å². The van der Waals surface area contributed by atoms with Crippen LogP contribution in [0.5, 0.6) is 0 Å². The Morgan fingerprint density at radius 2 is 1.88 bits per heavy atom. The maximum atomic E-state index is 12.4. The molecule has 26 heavy (non-hydrogen) atoms. The second kappa shape index (κ2) is 6.68. The fourth-order valence-corrected chi connectivity index (χ4v) is 2.99. The van der Waals surface area contributed by atoms with E-state index in [1.807, 2.05) is 18.2 Å². The van der Waals surface area contributed by atoms with Crippen molar-refractivity contribution in [2.24, 2.45) is 0 Å². The van der Waals surface area contributed by atoms with Crippen molar-refractivity contribution in [3.63, 3.8) is 0 Å². The number of hydrogen-bond donors (Lipinski definition) is 1. The van der Waals surface area contributed by atoms with Crippen molar-refractivity contribution in [2.45, 2.75) is 38.8 Å². The fourth-order valence-electron chi connectivity index (χ4n) is 2.77. The topological polar surface area (TPSA) is 60.2 Å². The summed E-state index contributed by atoms with van der Waals surface area (Å²) in [6.45, 7) is 1.56. The number of nitrogens with zero attached hydrogens (tertiary/aromatic N) is 3. The van der Waals surface area contributed by atoms with Crippen molar-refractivity contribution in [2.75, 3.05) is 6.61 Å². The molecule has 0 bridgehead atoms. The molecule has 0 aliphatic heterocycles. The number of benzene rings is 1.